The number of rotatable bonds is 7. The number of anilines is 1. The normalized spacial score (nSPS) is 16.8. The van der Waals surface area contributed by atoms with E-state index in [1.807, 2.05) is 18.2 Å². The highest BCUT2D eigenvalue weighted by atomic mass is 19.1. The van der Waals surface area contributed by atoms with Crippen molar-refractivity contribution in [1.82, 2.24) is 10.6 Å². The lowest BCUT2D eigenvalue weighted by atomic mass is 10.2. The first kappa shape index (κ1) is 19.8. The molecule has 1 fully saturated rings. The summed E-state index contributed by atoms with van der Waals surface area (Å²) < 4.78 is 24.2. The van der Waals surface area contributed by atoms with Gasteiger partial charge in [0.25, 0.3) is 0 Å². The third kappa shape index (κ3) is 5.28. The number of nitrogens with one attached hydrogen (secondary N) is 2. The zero-order valence-electron chi connectivity index (χ0n) is 16.3. The third-order valence-corrected chi connectivity index (χ3v) is 4.64. The Balaban J connectivity index is 1.44. The molecule has 2 aromatic carbocycles. The molecular formula is C21H27FN4O2. The molecule has 0 spiro atoms. The molecule has 0 amide bonds. The second-order valence-corrected chi connectivity index (χ2v) is 6.55. The lowest BCUT2D eigenvalue weighted by molar-refractivity contribution is 0.320. The predicted octanol–water partition coefficient (Wildman–Crippen LogP) is 2.66. The number of ether oxygens (including phenoxy) is 2. The van der Waals surface area contributed by atoms with Gasteiger partial charge in [-0.15, -0.1) is 0 Å². The van der Waals surface area contributed by atoms with Gasteiger partial charge in [-0.25, -0.2) is 4.39 Å². The van der Waals surface area contributed by atoms with E-state index >= 15 is 0 Å². The molecule has 1 atom stereocenters. The van der Waals surface area contributed by atoms with Crippen LogP contribution >= 0.6 is 0 Å². The highest BCUT2D eigenvalue weighted by molar-refractivity contribution is 5.80. The molecule has 1 saturated heterocycles. The SMILES string of the molecule is CN=C(NCCOc1cccc(F)c1)NC1CCN(c2ccccc2OC)C1. The maximum Gasteiger partial charge on any atom is 0.191 e. The van der Waals surface area contributed by atoms with Crippen LogP contribution in [-0.4, -0.2) is 52.4 Å². The molecule has 0 radical (unpaired) electrons. The van der Waals surface area contributed by atoms with Crippen molar-refractivity contribution >= 4 is 11.6 Å². The summed E-state index contributed by atoms with van der Waals surface area (Å²) in [5.74, 6) is 1.84. The highest BCUT2D eigenvalue weighted by Crippen LogP contribution is 2.30. The number of aliphatic imine (C=N–C) groups is 1. The number of para-hydroxylation sites is 2. The lowest BCUT2D eigenvalue weighted by Gasteiger charge is -2.22. The summed E-state index contributed by atoms with van der Waals surface area (Å²) in [6.07, 6.45) is 1.01. The lowest BCUT2D eigenvalue weighted by Crippen LogP contribution is -2.45. The van der Waals surface area contributed by atoms with Crippen LogP contribution in [0.5, 0.6) is 11.5 Å². The Bertz CT molecular complexity index is 799. The molecule has 3 rings (SSSR count). The molecule has 0 aromatic heterocycles. The summed E-state index contributed by atoms with van der Waals surface area (Å²) in [7, 11) is 3.44. The van der Waals surface area contributed by atoms with Gasteiger partial charge in [0.15, 0.2) is 5.96 Å². The van der Waals surface area contributed by atoms with Gasteiger partial charge in [-0.2, -0.15) is 0 Å². The van der Waals surface area contributed by atoms with Crippen LogP contribution in [-0.2, 0) is 0 Å². The number of benzene rings is 2. The summed E-state index contributed by atoms with van der Waals surface area (Å²) in [6.45, 7) is 2.82. The number of hydrogen-bond acceptors (Lipinski definition) is 4. The summed E-state index contributed by atoms with van der Waals surface area (Å²) in [4.78, 5) is 6.59. The van der Waals surface area contributed by atoms with Gasteiger partial charge < -0.3 is 25.0 Å². The number of guanidine groups is 1. The Morgan fingerprint density at radius 1 is 1.25 bits per heavy atom. The fourth-order valence-electron chi connectivity index (χ4n) is 3.27. The van der Waals surface area contributed by atoms with Crippen molar-refractivity contribution in [2.24, 2.45) is 4.99 Å². The van der Waals surface area contributed by atoms with E-state index in [9.17, 15) is 4.39 Å². The van der Waals surface area contributed by atoms with E-state index in [0.717, 1.165) is 36.9 Å². The predicted molar refractivity (Wildman–Crippen MR) is 110 cm³/mol. The fourth-order valence-corrected chi connectivity index (χ4v) is 3.27. The van der Waals surface area contributed by atoms with Crippen LogP contribution in [0.4, 0.5) is 10.1 Å². The standard InChI is InChI=1S/C21H27FN4O2/c1-23-21(24-11-13-28-18-7-5-6-16(22)14-18)25-17-10-12-26(15-17)19-8-3-4-9-20(19)27-2/h3-9,14,17H,10-13,15H2,1-2H3,(H2,23,24,25). The van der Waals surface area contributed by atoms with E-state index < -0.39 is 0 Å². The Hall–Kier alpha value is -2.96. The van der Waals surface area contributed by atoms with Crippen molar-refractivity contribution in [2.45, 2.75) is 12.5 Å². The summed E-state index contributed by atoms with van der Waals surface area (Å²) >= 11 is 0. The van der Waals surface area contributed by atoms with Crippen molar-refractivity contribution in [1.29, 1.82) is 0 Å². The first-order chi connectivity index (χ1) is 13.7. The van der Waals surface area contributed by atoms with Crippen LogP contribution in [0.3, 0.4) is 0 Å². The van der Waals surface area contributed by atoms with Gasteiger partial charge in [0, 0.05) is 32.2 Å². The summed E-state index contributed by atoms with van der Waals surface area (Å²) in [5.41, 5.74) is 1.11. The third-order valence-electron chi connectivity index (χ3n) is 4.64. The highest BCUT2D eigenvalue weighted by Gasteiger charge is 2.25. The van der Waals surface area contributed by atoms with E-state index in [2.05, 4.69) is 26.6 Å². The van der Waals surface area contributed by atoms with Crippen LogP contribution in [0.1, 0.15) is 6.42 Å². The maximum atomic E-state index is 13.2. The van der Waals surface area contributed by atoms with Gasteiger partial charge >= 0.3 is 0 Å². The molecule has 2 aromatic rings. The monoisotopic (exact) mass is 386 g/mol. The average Bonchev–Trinajstić information content (AvgIpc) is 3.18. The first-order valence-corrected chi connectivity index (χ1v) is 9.43. The van der Waals surface area contributed by atoms with Crippen molar-refractivity contribution in [2.75, 3.05) is 45.3 Å². The minimum absolute atomic E-state index is 0.292. The summed E-state index contributed by atoms with van der Waals surface area (Å²) in [5, 5.41) is 6.69. The minimum Gasteiger partial charge on any atom is -0.495 e. The Morgan fingerprint density at radius 3 is 2.89 bits per heavy atom. The largest absolute Gasteiger partial charge is 0.495 e. The molecule has 1 aliphatic heterocycles. The summed E-state index contributed by atoms with van der Waals surface area (Å²) in [6, 6.07) is 14.5. The molecule has 1 aliphatic rings. The number of methoxy groups -OCH3 is 1. The number of halogens is 1. The van der Waals surface area contributed by atoms with Crippen LogP contribution in [0.25, 0.3) is 0 Å². The molecule has 28 heavy (non-hydrogen) atoms. The van der Waals surface area contributed by atoms with E-state index in [1.54, 1.807) is 26.3 Å². The zero-order chi connectivity index (χ0) is 19.8. The molecule has 0 bridgehead atoms. The van der Waals surface area contributed by atoms with Crippen molar-refractivity contribution in [3.05, 3.63) is 54.3 Å². The maximum absolute atomic E-state index is 13.2. The molecule has 1 heterocycles. The van der Waals surface area contributed by atoms with E-state index in [4.69, 9.17) is 9.47 Å². The van der Waals surface area contributed by atoms with Gasteiger partial charge in [0.05, 0.1) is 19.3 Å². The smallest absolute Gasteiger partial charge is 0.191 e. The fraction of sp³-hybridized carbons (Fsp3) is 0.381. The van der Waals surface area contributed by atoms with Crippen LogP contribution in [0.2, 0.25) is 0 Å². The topological polar surface area (TPSA) is 58.1 Å². The zero-order valence-corrected chi connectivity index (χ0v) is 16.3. The molecule has 0 aliphatic carbocycles. The van der Waals surface area contributed by atoms with Crippen molar-refractivity contribution in [3.8, 4) is 11.5 Å². The van der Waals surface area contributed by atoms with Gasteiger partial charge in [0.2, 0.25) is 0 Å². The van der Waals surface area contributed by atoms with E-state index in [0.29, 0.717) is 24.9 Å². The second-order valence-electron chi connectivity index (χ2n) is 6.55. The Labute approximate surface area is 165 Å². The van der Waals surface area contributed by atoms with E-state index in [-0.39, 0.29) is 5.82 Å². The van der Waals surface area contributed by atoms with Crippen molar-refractivity contribution < 1.29 is 13.9 Å². The quantitative estimate of drug-likeness (QED) is 0.435. The molecule has 6 nitrogen and oxygen atoms in total. The van der Waals surface area contributed by atoms with Crippen LogP contribution in [0, 0.1) is 5.82 Å². The van der Waals surface area contributed by atoms with Gasteiger partial charge in [-0.1, -0.05) is 18.2 Å². The molecule has 0 saturated carbocycles. The van der Waals surface area contributed by atoms with E-state index in [1.165, 1.54) is 12.1 Å². The average molecular weight is 386 g/mol. The minimum atomic E-state index is -0.302. The van der Waals surface area contributed by atoms with Gasteiger partial charge in [0.1, 0.15) is 23.9 Å². The first-order valence-electron chi connectivity index (χ1n) is 9.43. The van der Waals surface area contributed by atoms with Crippen LogP contribution in [0.15, 0.2) is 53.5 Å². The molecule has 150 valence electrons. The second kappa shape index (κ2) is 9.82. The Kier molecular flexibility index (Phi) is 6.94. The van der Waals surface area contributed by atoms with Crippen LogP contribution < -0.4 is 25.0 Å². The molecule has 7 heteroatoms. The number of nitrogens with zero attached hydrogens (tertiary/aromatic N) is 2. The van der Waals surface area contributed by atoms with Crippen molar-refractivity contribution in [3.63, 3.8) is 0 Å². The molecular weight excluding hydrogens is 359 g/mol. The van der Waals surface area contributed by atoms with Gasteiger partial charge in [-0.3, -0.25) is 4.99 Å². The number of hydrogen-bond donors (Lipinski definition) is 2. The Morgan fingerprint density at radius 2 is 2.11 bits per heavy atom. The van der Waals surface area contributed by atoms with Gasteiger partial charge in [-0.05, 0) is 30.7 Å². The molecule has 1 unspecified atom stereocenters. The molecule has 2 N–H and O–H groups in total.